The molecule has 0 bridgehead atoms. The highest BCUT2D eigenvalue weighted by Crippen LogP contribution is 2.38. The van der Waals surface area contributed by atoms with E-state index in [9.17, 15) is 4.79 Å². The molecule has 2 N–H and O–H groups in total. The number of esters is 1. The number of nitrogens with zero attached hydrogens (tertiary/aromatic N) is 1. The van der Waals surface area contributed by atoms with E-state index in [-0.39, 0.29) is 18.4 Å². The van der Waals surface area contributed by atoms with Crippen molar-refractivity contribution in [2.24, 2.45) is 0 Å². The second-order valence-corrected chi connectivity index (χ2v) is 8.47. The predicted molar refractivity (Wildman–Crippen MR) is 131 cm³/mol. The Bertz CT molecular complexity index is 1170. The highest BCUT2D eigenvalue weighted by Gasteiger charge is 2.26. The smallest absolute Gasteiger partial charge is 0.310 e. The van der Waals surface area contributed by atoms with Crippen LogP contribution in [0.1, 0.15) is 42.1 Å². The number of fused-ring (bicyclic) bond motifs is 2. The van der Waals surface area contributed by atoms with Gasteiger partial charge in [-0.3, -0.25) is 9.69 Å². The largest absolute Gasteiger partial charge is 0.493 e. The van der Waals surface area contributed by atoms with Crippen molar-refractivity contribution < 1.29 is 19.0 Å². The van der Waals surface area contributed by atoms with Gasteiger partial charge in [0.25, 0.3) is 0 Å². The summed E-state index contributed by atoms with van der Waals surface area (Å²) in [7, 11) is 3.35. The van der Waals surface area contributed by atoms with Crippen molar-refractivity contribution in [2.75, 3.05) is 33.1 Å². The van der Waals surface area contributed by atoms with Gasteiger partial charge in [-0.05, 0) is 77.6 Å². The van der Waals surface area contributed by atoms with E-state index in [1.54, 1.807) is 14.2 Å². The lowest BCUT2D eigenvalue weighted by Gasteiger charge is -2.36. The van der Waals surface area contributed by atoms with Gasteiger partial charge in [-0.25, -0.2) is 0 Å². The first-order valence-corrected chi connectivity index (χ1v) is 11.4. The maximum absolute atomic E-state index is 12.1. The molecule has 1 aliphatic rings. The van der Waals surface area contributed by atoms with Gasteiger partial charge in [0.1, 0.15) is 0 Å². The minimum Gasteiger partial charge on any atom is -0.493 e. The van der Waals surface area contributed by atoms with E-state index >= 15 is 0 Å². The van der Waals surface area contributed by atoms with Crippen LogP contribution in [-0.2, 0) is 28.9 Å². The monoisotopic (exact) mass is 448 g/mol. The Kier molecular flexibility index (Phi) is 6.75. The molecule has 4 rings (SSSR count). The molecule has 0 aliphatic carbocycles. The Morgan fingerprint density at radius 3 is 2.58 bits per heavy atom. The van der Waals surface area contributed by atoms with Crippen LogP contribution in [-0.4, -0.2) is 38.2 Å². The van der Waals surface area contributed by atoms with Crippen LogP contribution in [0.25, 0.3) is 10.8 Å². The fourth-order valence-electron chi connectivity index (χ4n) is 4.76. The molecular formula is C27H32N2O4. The molecule has 0 amide bonds. The van der Waals surface area contributed by atoms with Crippen molar-refractivity contribution >= 4 is 22.4 Å². The normalized spacial score (nSPS) is 15.8. The van der Waals surface area contributed by atoms with Gasteiger partial charge in [-0.2, -0.15) is 0 Å². The molecule has 0 fully saturated rings. The van der Waals surface area contributed by atoms with E-state index in [0.717, 1.165) is 47.3 Å². The highest BCUT2D eigenvalue weighted by molar-refractivity contribution is 5.93. The number of carbonyl (C=O) groups is 1. The van der Waals surface area contributed by atoms with E-state index < -0.39 is 0 Å². The molecule has 3 aromatic rings. The van der Waals surface area contributed by atoms with E-state index in [0.29, 0.717) is 12.3 Å². The van der Waals surface area contributed by atoms with Crippen LogP contribution in [0.3, 0.4) is 0 Å². The average molecular weight is 449 g/mol. The van der Waals surface area contributed by atoms with Crippen LogP contribution < -0.4 is 15.2 Å². The summed E-state index contributed by atoms with van der Waals surface area (Å²) in [5.41, 5.74) is 11.5. The fraction of sp³-hybridized carbons (Fsp3) is 0.370. The lowest BCUT2D eigenvalue weighted by molar-refractivity contribution is -0.142. The van der Waals surface area contributed by atoms with E-state index in [1.165, 1.54) is 16.7 Å². The molecule has 174 valence electrons. The predicted octanol–water partition coefficient (Wildman–Crippen LogP) is 4.66. The van der Waals surface area contributed by atoms with Crippen molar-refractivity contribution in [1.82, 2.24) is 4.90 Å². The minimum absolute atomic E-state index is 0.182. The summed E-state index contributed by atoms with van der Waals surface area (Å²) in [6.45, 7) is 6.22. The number of benzene rings is 3. The van der Waals surface area contributed by atoms with Gasteiger partial charge < -0.3 is 19.9 Å². The van der Waals surface area contributed by atoms with E-state index in [2.05, 4.69) is 42.2 Å². The molecule has 0 aromatic heterocycles. The maximum atomic E-state index is 12.1. The molecule has 1 unspecified atom stereocenters. The molecule has 0 saturated heterocycles. The highest BCUT2D eigenvalue weighted by atomic mass is 16.5. The van der Waals surface area contributed by atoms with Crippen molar-refractivity contribution in [2.45, 2.75) is 39.3 Å². The van der Waals surface area contributed by atoms with Gasteiger partial charge in [0, 0.05) is 24.8 Å². The third kappa shape index (κ3) is 4.62. The third-order valence-electron chi connectivity index (χ3n) is 6.56. The average Bonchev–Trinajstić information content (AvgIpc) is 2.82. The molecule has 1 atom stereocenters. The first-order valence-electron chi connectivity index (χ1n) is 11.4. The van der Waals surface area contributed by atoms with Crippen molar-refractivity contribution in [1.29, 1.82) is 0 Å². The Hall–Kier alpha value is -3.25. The van der Waals surface area contributed by atoms with Gasteiger partial charge in [-0.15, -0.1) is 0 Å². The zero-order valence-electron chi connectivity index (χ0n) is 19.8. The fourth-order valence-corrected chi connectivity index (χ4v) is 4.76. The molecule has 0 saturated carbocycles. The first-order chi connectivity index (χ1) is 15.9. The zero-order valence-corrected chi connectivity index (χ0v) is 19.8. The van der Waals surface area contributed by atoms with Gasteiger partial charge in [0.2, 0.25) is 0 Å². The number of hydrogen-bond donors (Lipinski definition) is 1. The number of hydrogen-bond acceptors (Lipinski definition) is 6. The number of methoxy groups -OCH3 is 2. The lowest BCUT2D eigenvalue weighted by Crippen LogP contribution is -2.33. The summed E-state index contributed by atoms with van der Waals surface area (Å²) in [4.78, 5) is 14.5. The zero-order chi connectivity index (χ0) is 23.5. The number of nitrogen functional groups attached to an aromatic ring is 1. The molecule has 1 aliphatic heterocycles. The van der Waals surface area contributed by atoms with Crippen LogP contribution in [0.4, 0.5) is 5.69 Å². The minimum atomic E-state index is -0.256. The summed E-state index contributed by atoms with van der Waals surface area (Å²) in [5.74, 6) is 1.29. The molecule has 3 aromatic carbocycles. The molecule has 6 heteroatoms. The van der Waals surface area contributed by atoms with Crippen molar-refractivity contribution in [3.63, 3.8) is 0 Å². The summed E-state index contributed by atoms with van der Waals surface area (Å²) < 4.78 is 16.1. The Morgan fingerprint density at radius 2 is 1.85 bits per heavy atom. The maximum Gasteiger partial charge on any atom is 0.310 e. The quantitative estimate of drug-likeness (QED) is 0.418. The van der Waals surface area contributed by atoms with Gasteiger partial charge in [0.15, 0.2) is 11.5 Å². The van der Waals surface area contributed by atoms with Crippen molar-refractivity contribution in [3.05, 3.63) is 64.7 Å². The third-order valence-corrected chi connectivity index (χ3v) is 6.56. The SMILES string of the molecule is CCOC(=O)Cc1c(N)ccc2cc(CN3CCc4cc(OC)c(OC)cc4C3C)ccc12. The Morgan fingerprint density at radius 1 is 1.09 bits per heavy atom. The van der Waals surface area contributed by atoms with E-state index in [4.69, 9.17) is 19.9 Å². The number of anilines is 1. The van der Waals surface area contributed by atoms with Gasteiger partial charge in [0.05, 0.1) is 27.2 Å². The number of rotatable bonds is 7. The second kappa shape index (κ2) is 9.71. The van der Waals surface area contributed by atoms with Crippen LogP contribution in [0.2, 0.25) is 0 Å². The second-order valence-electron chi connectivity index (χ2n) is 8.47. The van der Waals surface area contributed by atoms with Gasteiger partial charge in [-0.1, -0.05) is 18.2 Å². The molecule has 33 heavy (non-hydrogen) atoms. The number of nitrogens with two attached hydrogens (primary N) is 1. The molecule has 0 radical (unpaired) electrons. The topological polar surface area (TPSA) is 74.0 Å². The molecular weight excluding hydrogens is 416 g/mol. The lowest BCUT2D eigenvalue weighted by atomic mass is 9.92. The van der Waals surface area contributed by atoms with Gasteiger partial charge >= 0.3 is 5.97 Å². The van der Waals surface area contributed by atoms with Crippen molar-refractivity contribution in [3.8, 4) is 11.5 Å². The molecule has 0 spiro atoms. The molecule has 6 nitrogen and oxygen atoms in total. The van der Waals surface area contributed by atoms with Crippen LogP contribution in [0.5, 0.6) is 11.5 Å². The van der Waals surface area contributed by atoms with Crippen LogP contribution in [0, 0.1) is 0 Å². The Labute approximate surface area is 195 Å². The Balaban J connectivity index is 1.58. The summed E-state index contributed by atoms with van der Waals surface area (Å²) in [6.07, 6.45) is 1.15. The standard InChI is InChI=1S/C27H32N2O4/c1-5-33-27(30)15-23-21-8-6-18(12-19(21)7-9-24(23)28)16-29-11-10-20-13-25(31-3)26(32-4)14-22(20)17(29)2/h6-9,12-14,17H,5,10-11,15-16,28H2,1-4H3. The summed E-state index contributed by atoms with van der Waals surface area (Å²) in [5, 5.41) is 2.08. The summed E-state index contributed by atoms with van der Waals surface area (Å²) >= 11 is 0. The number of carbonyl (C=O) groups excluding carboxylic acids is 1. The first kappa shape index (κ1) is 22.9. The number of ether oxygens (including phenoxy) is 3. The molecule has 1 heterocycles. The van der Waals surface area contributed by atoms with Crippen LogP contribution >= 0.6 is 0 Å². The summed E-state index contributed by atoms with van der Waals surface area (Å²) in [6, 6.07) is 14.8. The van der Waals surface area contributed by atoms with E-state index in [1.807, 2.05) is 19.1 Å². The van der Waals surface area contributed by atoms with Crippen LogP contribution in [0.15, 0.2) is 42.5 Å².